The summed E-state index contributed by atoms with van der Waals surface area (Å²) in [5.74, 6) is 0. The number of aryl methyl sites for hydroxylation is 1. The molecule has 0 aliphatic rings. The van der Waals surface area contributed by atoms with Crippen LogP contribution in [0.1, 0.15) is 31.0 Å². The highest BCUT2D eigenvalue weighted by Gasteiger charge is 2.15. The molecule has 2 rings (SSSR count). The number of anilines is 1. The first kappa shape index (κ1) is 14.4. The summed E-state index contributed by atoms with van der Waals surface area (Å²) in [5.41, 5.74) is 2.01. The van der Waals surface area contributed by atoms with Gasteiger partial charge in [-0.2, -0.15) is 0 Å². The molecule has 0 spiro atoms. The molecular formula is C13H19N3OS2. The number of ether oxygens (including phenoxy) is 1. The largest absolute Gasteiger partial charge is 0.378 e. The molecule has 0 saturated carbocycles. The van der Waals surface area contributed by atoms with Crippen LogP contribution in [0, 0.1) is 0 Å². The van der Waals surface area contributed by atoms with Crippen molar-refractivity contribution in [1.29, 1.82) is 0 Å². The molecule has 104 valence electrons. The quantitative estimate of drug-likeness (QED) is 0.844. The molecule has 1 N–H and O–H groups in total. The first-order chi connectivity index (χ1) is 9.28. The summed E-state index contributed by atoms with van der Waals surface area (Å²) in [7, 11) is 1.70. The number of nitrogens with zero attached hydrogens (tertiary/aromatic N) is 2. The maximum Gasteiger partial charge on any atom is 0.183 e. The van der Waals surface area contributed by atoms with E-state index < -0.39 is 0 Å². The van der Waals surface area contributed by atoms with E-state index in [-0.39, 0.29) is 0 Å². The van der Waals surface area contributed by atoms with Crippen LogP contribution in [-0.2, 0) is 17.8 Å². The molecule has 0 radical (unpaired) electrons. The Morgan fingerprint density at radius 1 is 1.32 bits per heavy atom. The SMILES string of the molecule is CCCc1nc(COC)c(-c2csc(NCC)n2)s1. The van der Waals surface area contributed by atoms with Gasteiger partial charge in [0, 0.05) is 19.0 Å². The van der Waals surface area contributed by atoms with E-state index in [0.717, 1.165) is 40.8 Å². The minimum atomic E-state index is 0.545. The molecule has 6 heteroatoms. The Morgan fingerprint density at radius 2 is 2.16 bits per heavy atom. The van der Waals surface area contributed by atoms with E-state index in [1.54, 1.807) is 29.8 Å². The van der Waals surface area contributed by atoms with Gasteiger partial charge in [-0.1, -0.05) is 6.92 Å². The third-order valence-electron chi connectivity index (χ3n) is 2.55. The molecule has 2 aromatic rings. The molecule has 0 atom stereocenters. The lowest BCUT2D eigenvalue weighted by Crippen LogP contribution is -1.95. The van der Waals surface area contributed by atoms with Crippen molar-refractivity contribution in [3.8, 4) is 10.6 Å². The van der Waals surface area contributed by atoms with Gasteiger partial charge in [0.15, 0.2) is 5.13 Å². The Bertz CT molecular complexity index is 522. The van der Waals surface area contributed by atoms with Crippen LogP contribution in [0.4, 0.5) is 5.13 Å². The summed E-state index contributed by atoms with van der Waals surface area (Å²) in [6, 6.07) is 0. The second-order valence-corrected chi connectivity index (χ2v) is 6.08. The molecule has 0 unspecified atom stereocenters. The summed E-state index contributed by atoms with van der Waals surface area (Å²) < 4.78 is 5.24. The van der Waals surface area contributed by atoms with Crippen molar-refractivity contribution >= 4 is 27.8 Å². The molecule has 0 amide bonds. The highest BCUT2D eigenvalue weighted by atomic mass is 32.1. The smallest absolute Gasteiger partial charge is 0.183 e. The Kier molecular flexibility index (Phi) is 5.30. The van der Waals surface area contributed by atoms with Crippen molar-refractivity contribution in [1.82, 2.24) is 9.97 Å². The molecule has 0 aromatic carbocycles. The van der Waals surface area contributed by atoms with E-state index in [9.17, 15) is 0 Å². The lowest BCUT2D eigenvalue weighted by atomic mass is 10.3. The monoisotopic (exact) mass is 297 g/mol. The van der Waals surface area contributed by atoms with Crippen LogP contribution in [0.2, 0.25) is 0 Å². The van der Waals surface area contributed by atoms with Crippen LogP contribution in [0.25, 0.3) is 10.6 Å². The van der Waals surface area contributed by atoms with Crippen LogP contribution in [-0.4, -0.2) is 23.6 Å². The van der Waals surface area contributed by atoms with E-state index in [2.05, 4.69) is 34.5 Å². The van der Waals surface area contributed by atoms with Crippen LogP contribution in [0.5, 0.6) is 0 Å². The molecule has 2 heterocycles. The van der Waals surface area contributed by atoms with E-state index in [1.807, 2.05) is 0 Å². The molecule has 0 fully saturated rings. The zero-order chi connectivity index (χ0) is 13.7. The third-order valence-corrected chi connectivity index (χ3v) is 4.53. The Hall–Kier alpha value is -0.980. The van der Waals surface area contributed by atoms with E-state index in [0.29, 0.717) is 6.61 Å². The summed E-state index contributed by atoms with van der Waals surface area (Å²) in [4.78, 5) is 10.4. The number of nitrogens with one attached hydrogen (secondary N) is 1. The van der Waals surface area contributed by atoms with Gasteiger partial charge in [-0.3, -0.25) is 0 Å². The van der Waals surface area contributed by atoms with Crippen molar-refractivity contribution < 1.29 is 4.74 Å². The van der Waals surface area contributed by atoms with E-state index in [1.165, 1.54) is 5.01 Å². The van der Waals surface area contributed by atoms with Gasteiger partial charge in [-0.15, -0.1) is 22.7 Å². The van der Waals surface area contributed by atoms with Gasteiger partial charge in [0.25, 0.3) is 0 Å². The van der Waals surface area contributed by atoms with Crippen molar-refractivity contribution in [3.05, 3.63) is 16.1 Å². The highest BCUT2D eigenvalue weighted by Crippen LogP contribution is 2.33. The molecule has 4 nitrogen and oxygen atoms in total. The molecular weight excluding hydrogens is 278 g/mol. The summed E-state index contributed by atoms with van der Waals surface area (Å²) in [6.45, 7) is 5.68. The fourth-order valence-electron chi connectivity index (χ4n) is 1.77. The minimum absolute atomic E-state index is 0.545. The average molecular weight is 297 g/mol. The van der Waals surface area contributed by atoms with Crippen molar-refractivity contribution in [2.24, 2.45) is 0 Å². The normalized spacial score (nSPS) is 10.9. The first-order valence-corrected chi connectivity index (χ1v) is 8.15. The van der Waals surface area contributed by atoms with Crippen LogP contribution < -0.4 is 5.32 Å². The Morgan fingerprint density at radius 3 is 2.84 bits per heavy atom. The number of rotatable bonds is 7. The second-order valence-electron chi connectivity index (χ2n) is 4.13. The van der Waals surface area contributed by atoms with Crippen molar-refractivity contribution in [2.45, 2.75) is 33.3 Å². The van der Waals surface area contributed by atoms with Gasteiger partial charge in [-0.25, -0.2) is 9.97 Å². The standard InChI is InChI=1S/C13H19N3OS2/c1-4-6-11-15-9(7-17-3)12(19-11)10-8-18-13(16-10)14-5-2/h8H,4-7H2,1-3H3,(H,14,16). The first-order valence-electron chi connectivity index (χ1n) is 6.45. The molecule has 0 aliphatic heterocycles. The summed E-state index contributed by atoms with van der Waals surface area (Å²) in [6.07, 6.45) is 2.13. The number of methoxy groups -OCH3 is 1. The maximum atomic E-state index is 5.24. The number of aromatic nitrogens is 2. The minimum Gasteiger partial charge on any atom is -0.378 e. The zero-order valence-electron chi connectivity index (χ0n) is 11.5. The van der Waals surface area contributed by atoms with Gasteiger partial charge in [0.2, 0.25) is 0 Å². The predicted molar refractivity (Wildman–Crippen MR) is 82.1 cm³/mol. The number of thiazole rings is 2. The molecule has 2 aromatic heterocycles. The van der Waals surface area contributed by atoms with Crippen molar-refractivity contribution in [3.63, 3.8) is 0 Å². The van der Waals surface area contributed by atoms with E-state index in [4.69, 9.17) is 4.74 Å². The van der Waals surface area contributed by atoms with Crippen molar-refractivity contribution in [2.75, 3.05) is 19.0 Å². The fourth-order valence-corrected chi connectivity index (χ4v) is 3.74. The molecule has 0 bridgehead atoms. The third kappa shape index (κ3) is 3.52. The molecule has 0 aliphatic carbocycles. The molecule has 19 heavy (non-hydrogen) atoms. The van der Waals surface area contributed by atoms with Gasteiger partial charge in [0.05, 0.1) is 27.9 Å². The van der Waals surface area contributed by atoms with Crippen LogP contribution in [0.3, 0.4) is 0 Å². The van der Waals surface area contributed by atoms with Gasteiger partial charge in [-0.05, 0) is 19.8 Å². The predicted octanol–water partition coefficient (Wildman–Crippen LogP) is 3.80. The lowest BCUT2D eigenvalue weighted by molar-refractivity contribution is 0.182. The van der Waals surface area contributed by atoms with Gasteiger partial charge in [0.1, 0.15) is 0 Å². The Balaban J connectivity index is 2.29. The fraction of sp³-hybridized carbons (Fsp3) is 0.538. The highest BCUT2D eigenvalue weighted by molar-refractivity contribution is 7.16. The van der Waals surface area contributed by atoms with E-state index >= 15 is 0 Å². The maximum absolute atomic E-state index is 5.24. The van der Waals surface area contributed by atoms with Gasteiger partial charge < -0.3 is 10.1 Å². The topological polar surface area (TPSA) is 47.0 Å². The summed E-state index contributed by atoms with van der Waals surface area (Å²) in [5, 5.41) is 7.46. The lowest BCUT2D eigenvalue weighted by Gasteiger charge is -1.98. The Labute approximate surface area is 121 Å². The summed E-state index contributed by atoms with van der Waals surface area (Å²) >= 11 is 3.37. The second kappa shape index (κ2) is 6.98. The van der Waals surface area contributed by atoms with Gasteiger partial charge >= 0.3 is 0 Å². The number of hydrogen-bond donors (Lipinski definition) is 1. The van der Waals surface area contributed by atoms with Crippen LogP contribution >= 0.6 is 22.7 Å². The zero-order valence-corrected chi connectivity index (χ0v) is 13.2. The van der Waals surface area contributed by atoms with Crippen LogP contribution in [0.15, 0.2) is 5.38 Å². The number of hydrogen-bond acceptors (Lipinski definition) is 6. The molecule has 0 saturated heterocycles. The average Bonchev–Trinajstić information content (AvgIpc) is 2.98.